The standard InChI is InChI=1S/C13H14ClFN2O3S/c1-2-16-8-10-4-6-13(20-10)21(18,19)17-9-3-5-11(14)12(15)7-9/h3-7,16-17H,2,8H2,1H3. The topological polar surface area (TPSA) is 71.3 Å². The van der Waals surface area contributed by atoms with Crippen LogP contribution in [-0.4, -0.2) is 15.0 Å². The Morgan fingerprint density at radius 2 is 2.05 bits per heavy atom. The summed E-state index contributed by atoms with van der Waals surface area (Å²) < 4.78 is 45.0. The van der Waals surface area contributed by atoms with Crippen LogP contribution in [0.4, 0.5) is 10.1 Å². The summed E-state index contributed by atoms with van der Waals surface area (Å²) >= 11 is 5.54. The van der Waals surface area contributed by atoms with Gasteiger partial charge in [0, 0.05) is 0 Å². The van der Waals surface area contributed by atoms with Gasteiger partial charge in [-0.1, -0.05) is 18.5 Å². The van der Waals surface area contributed by atoms with Gasteiger partial charge in [0.05, 0.1) is 17.3 Å². The molecule has 0 bridgehead atoms. The number of furan rings is 1. The maximum atomic E-state index is 13.3. The number of rotatable bonds is 6. The molecule has 5 nitrogen and oxygen atoms in total. The Bertz CT molecular complexity index is 731. The predicted molar refractivity (Wildman–Crippen MR) is 78.3 cm³/mol. The molecule has 0 amide bonds. The number of hydrogen-bond donors (Lipinski definition) is 2. The molecule has 0 atom stereocenters. The summed E-state index contributed by atoms with van der Waals surface area (Å²) in [6, 6.07) is 6.56. The van der Waals surface area contributed by atoms with Gasteiger partial charge in [-0.15, -0.1) is 0 Å². The maximum Gasteiger partial charge on any atom is 0.295 e. The van der Waals surface area contributed by atoms with Gasteiger partial charge in [0.2, 0.25) is 5.09 Å². The molecule has 0 saturated heterocycles. The van der Waals surface area contributed by atoms with Crippen molar-refractivity contribution in [3.05, 3.63) is 46.9 Å². The molecule has 0 fully saturated rings. The van der Waals surface area contributed by atoms with Gasteiger partial charge in [-0.3, -0.25) is 4.72 Å². The van der Waals surface area contributed by atoms with Gasteiger partial charge >= 0.3 is 0 Å². The molecule has 1 aromatic carbocycles. The summed E-state index contributed by atoms with van der Waals surface area (Å²) in [5.41, 5.74) is 0.0709. The van der Waals surface area contributed by atoms with Crippen molar-refractivity contribution in [1.29, 1.82) is 0 Å². The molecule has 0 saturated carbocycles. The van der Waals surface area contributed by atoms with Gasteiger partial charge in [0.1, 0.15) is 11.6 Å². The molecule has 1 heterocycles. The summed E-state index contributed by atoms with van der Waals surface area (Å²) in [6.07, 6.45) is 0. The highest BCUT2D eigenvalue weighted by atomic mass is 35.5. The third-order valence-corrected chi connectivity index (χ3v) is 4.18. The number of halogens is 2. The molecular formula is C13H14ClFN2O3S. The van der Waals surface area contributed by atoms with Crippen LogP contribution in [0.2, 0.25) is 5.02 Å². The normalized spacial score (nSPS) is 11.6. The van der Waals surface area contributed by atoms with Crippen LogP contribution in [0.15, 0.2) is 39.8 Å². The zero-order chi connectivity index (χ0) is 15.5. The first-order valence-electron chi connectivity index (χ1n) is 6.19. The van der Waals surface area contributed by atoms with Crippen molar-refractivity contribution in [1.82, 2.24) is 5.32 Å². The predicted octanol–water partition coefficient (Wildman–Crippen LogP) is 2.98. The van der Waals surface area contributed by atoms with E-state index in [-0.39, 0.29) is 15.8 Å². The van der Waals surface area contributed by atoms with Gasteiger partial charge in [0.25, 0.3) is 10.0 Å². The second-order valence-electron chi connectivity index (χ2n) is 4.24. The molecule has 0 unspecified atom stereocenters. The molecule has 0 radical (unpaired) electrons. The molecule has 0 spiro atoms. The lowest BCUT2D eigenvalue weighted by atomic mass is 10.3. The molecule has 2 aromatic rings. The Balaban J connectivity index is 2.17. The van der Waals surface area contributed by atoms with Gasteiger partial charge in [-0.05, 0) is 36.9 Å². The molecule has 0 aliphatic heterocycles. The molecule has 2 N–H and O–H groups in total. The van der Waals surface area contributed by atoms with Crippen LogP contribution in [0.5, 0.6) is 0 Å². The van der Waals surface area contributed by atoms with Crippen molar-refractivity contribution in [2.24, 2.45) is 0 Å². The zero-order valence-electron chi connectivity index (χ0n) is 11.2. The number of benzene rings is 1. The fraction of sp³-hybridized carbons (Fsp3) is 0.231. The zero-order valence-corrected chi connectivity index (χ0v) is 12.8. The highest BCUT2D eigenvalue weighted by Gasteiger charge is 2.19. The van der Waals surface area contributed by atoms with Crippen molar-refractivity contribution in [2.45, 2.75) is 18.6 Å². The summed E-state index contributed by atoms with van der Waals surface area (Å²) in [4.78, 5) is 0. The van der Waals surface area contributed by atoms with E-state index in [2.05, 4.69) is 10.0 Å². The van der Waals surface area contributed by atoms with Crippen LogP contribution < -0.4 is 10.0 Å². The van der Waals surface area contributed by atoms with E-state index in [9.17, 15) is 12.8 Å². The molecular weight excluding hydrogens is 319 g/mol. The minimum atomic E-state index is -3.90. The second-order valence-corrected chi connectivity index (χ2v) is 6.26. The number of hydrogen-bond acceptors (Lipinski definition) is 4. The monoisotopic (exact) mass is 332 g/mol. The van der Waals surface area contributed by atoms with Crippen molar-refractivity contribution in [3.63, 3.8) is 0 Å². The van der Waals surface area contributed by atoms with Crippen molar-refractivity contribution >= 4 is 27.3 Å². The molecule has 21 heavy (non-hydrogen) atoms. The number of sulfonamides is 1. The van der Waals surface area contributed by atoms with Crippen LogP contribution >= 0.6 is 11.6 Å². The second kappa shape index (κ2) is 6.46. The van der Waals surface area contributed by atoms with Gasteiger partial charge < -0.3 is 9.73 Å². The average Bonchev–Trinajstić information content (AvgIpc) is 2.90. The van der Waals surface area contributed by atoms with Crippen LogP contribution in [-0.2, 0) is 16.6 Å². The van der Waals surface area contributed by atoms with E-state index < -0.39 is 15.8 Å². The van der Waals surface area contributed by atoms with Gasteiger partial charge in [-0.25, -0.2) is 4.39 Å². The molecule has 8 heteroatoms. The van der Waals surface area contributed by atoms with Crippen LogP contribution in [0.25, 0.3) is 0 Å². The van der Waals surface area contributed by atoms with Crippen molar-refractivity contribution in [3.8, 4) is 0 Å². The summed E-state index contributed by atoms with van der Waals surface area (Å²) in [6.45, 7) is 3.10. The van der Waals surface area contributed by atoms with Gasteiger partial charge in [0.15, 0.2) is 0 Å². The van der Waals surface area contributed by atoms with E-state index in [0.717, 1.165) is 12.6 Å². The van der Waals surface area contributed by atoms with E-state index in [0.29, 0.717) is 12.3 Å². The maximum absolute atomic E-state index is 13.3. The fourth-order valence-electron chi connectivity index (χ4n) is 1.61. The summed E-state index contributed by atoms with van der Waals surface area (Å²) in [5.74, 6) is -0.205. The minimum absolute atomic E-state index is 0.0709. The van der Waals surface area contributed by atoms with Crippen LogP contribution in [0, 0.1) is 5.82 Å². The highest BCUT2D eigenvalue weighted by Crippen LogP contribution is 2.22. The van der Waals surface area contributed by atoms with E-state index in [1.54, 1.807) is 6.07 Å². The van der Waals surface area contributed by atoms with Crippen molar-refractivity contribution in [2.75, 3.05) is 11.3 Å². The summed E-state index contributed by atoms with van der Waals surface area (Å²) in [5, 5.41) is 2.71. The molecule has 0 aliphatic rings. The third-order valence-electron chi connectivity index (χ3n) is 2.62. The lowest BCUT2D eigenvalue weighted by molar-refractivity contribution is 0.405. The van der Waals surface area contributed by atoms with Crippen LogP contribution in [0.1, 0.15) is 12.7 Å². The Labute approximate surface area is 127 Å². The lowest BCUT2D eigenvalue weighted by Crippen LogP contribution is -2.13. The molecule has 0 aliphatic carbocycles. The highest BCUT2D eigenvalue weighted by molar-refractivity contribution is 7.92. The van der Waals surface area contributed by atoms with Crippen LogP contribution in [0.3, 0.4) is 0 Å². The first-order valence-corrected chi connectivity index (χ1v) is 8.06. The Morgan fingerprint density at radius 3 is 2.71 bits per heavy atom. The van der Waals surface area contributed by atoms with Gasteiger partial charge in [-0.2, -0.15) is 8.42 Å². The number of nitrogens with one attached hydrogen (secondary N) is 2. The van der Waals surface area contributed by atoms with E-state index in [1.165, 1.54) is 18.2 Å². The minimum Gasteiger partial charge on any atom is -0.446 e. The first kappa shape index (κ1) is 15.8. The smallest absolute Gasteiger partial charge is 0.295 e. The van der Waals surface area contributed by atoms with E-state index in [4.69, 9.17) is 16.0 Å². The Kier molecular flexibility index (Phi) is 4.87. The average molecular weight is 333 g/mol. The van der Waals surface area contributed by atoms with Crippen molar-refractivity contribution < 1.29 is 17.2 Å². The quantitative estimate of drug-likeness (QED) is 0.853. The van der Waals surface area contributed by atoms with E-state index in [1.807, 2.05) is 6.92 Å². The third kappa shape index (κ3) is 3.96. The first-order chi connectivity index (χ1) is 9.92. The fourth-order valence-corrected chi connectivity index (χ4v) is 2.73. The van der Waals surface area contributed by atoms with E-state index >= 15 is 0 Å². The molecule has 1 aromatic heterocycles. The Hall–Kier alpha value is -1.57. The Morgan fingerprint density at radius 1 is 1.29 bits per heavy atom. The SMILES string of the molecule is CCNCc1ccc(S(=O)(=O)Nc2ccc(Cl)c(F)c2)o1. The number of anilines is 1. The molecule has 2 rings (SSSR count). The summed E-state index contributed by atoms with van der Waals surface area (Å²) in [7, 11) is -3.90. The largest absolute Gasteiger partial charge is 0.446 e. The molecule has 114 valence electrons. The lowest BCUT2D eigenvalue weighted by Gasteiger charge is -2.06.